The number of hydrogen-bond acceptors (Lipinski definition) is 4. The van der Waals surface area contributed by atoms with Gasteiger partial charge < -0.3 is 9.47 Å². The molecule has 0 radical (unpaired) electrons. The Labute approximate surface area is 210 Å². The highest BCUT2D eigenvalue weighted by atomic mass is 16.5. The van der Waals surface area contributed by atoms with E-state index in [-0.39, 0.29) is 5.78 Å². The molecule has 4 aromatic rings. The molecular formula is C32H26O4. The topological polar surface area (TPSA) is 52.6 Å². The molecule has 0 saturated carbocycles. The van der Waals surface area contributed by atoms with Gasteiger partial charge in [-0.3, -0.25) is 4.79 Å². The van der Waals surface area contributed by atoms with Gasteiger partial charge in [0.25, 0.3) is 0 Å². The van der Waals surface area contributed by atoms with Crippen LogP contribution in [0.1, 0.15) is 45.2 Å². The van der Waals surface area contributed by atoms with Gasteiger partial charge in [0.05, 0.1) is 12.2 Å². The third-order valence-corrected chi connectivity index (χ3v) is 6.31. The van der Waals surface area contributed by atoms with Crippen LogP contribution in [-0.2, 0) is 6.42 Å². The Bertz CT molecular complexity index is 1450. The van der Waals surface area contributed by atoms with E-state index in [4.69, 9.17) is 9.47 Å². The SMILES string of the molecule is C=CC(=O)c1ccc2c(c1)Cc1cc(OC(=O)c3ccc(-c4ccc(OCCC)cc4)cc3)ccc1-2. The first-order valence-corrected chi connectivity index (χ1v) is 12.0. The molecule has 0 fully saturated rings. The largest absolute Gasteiger partial charge is 0.494 e. The quantitative estimate of drug-likeness (QED) is 0.102. The van der Waals surface area contributed by atoms with Crippen LogP contribution in [0.3, 0.4) is 0 Å². The van der Waals surface area contributed by atoms with Gasteiger partial charge in [-0.1, -0.05) is 56.0 Å². The van der Waals surface area contributed by atoms with E-state index in [1.54, 1.807) is 12.1 Å². The molecule has 4 heteroatoms. The summed E-state index contributed by atoms with van der Waals surface area (Å²) in [7, 11) is 0. The van der Waals surface area contributed by atoms with Crippen LogP contribution in [0.4, 0.5) is 0 Å². The fraction of sp³-hybridized carbons (Fsp3) is 0.125. The zero-order valence-corrected chi connectivity index (χ0v) is 20.1. The summed E-state index contributed by atoms with van der Waals surface area (Å²) in [6, 6.07) is 26.7. The average Bonchev–Trinajstić information content (AvgIpc) is 3.28. The van der Waals surface area contributed by atoms with Crippen LogP contribution in [0.5, 0.6) is 11.5 Å². The second-order valence-electron chi connectivity index (χ2n) is 8.78. The van der Waals surface area contributed by atoms with Crippen molar-refractivity contribution in [1.29, 1.82) is 0 Å². The first-order chi connectivity index (χ1) is 17.6. The van der Waals surface area contributed by atoms with Crippen molar-refractivity contribution in [3.63, 3.8) is 0 Å². The van der Waals surface area contributed by atoms with E-state index in [9.17, 15) is 9.59 Å². The number of ketones is 1. The summed E-state index contributed by atoms with van der Waals surface area (Å²) in [5.41, 5.74) is 7.53. The van der Waals surface area contributed by atoms with Crippen LogP contribution < -0.4 is 9.47 Å². The minimum absolute atomic E-state index is 0.0904. The molecule has 0 bridgehead atoms. The zero-order chi connectivity index (χ0) is 25.1. The predicted octanol–water partition coefficient (Wildman–Crippen LogP) is 7.30. The third-order valence-electron chi connectivity index (χ3n) is 6.31. The maximum absolute atomic E-state index is 12.8. The highest BCUT2D eigenvalue weighted by Gasteiger charge is 2.21. The second-order valence-corrected chi connectivity index (χ2v) is 8.78. The number of benzene rings is 4. The molecule has 0 spiro atoms. The Kier molecular flexibility index (Phi) is 6.50. The molecule has 36 heavy (non-hydrogen) atoms. The van der Waals surface area contributed by atoms with Crippen molar-refractivity contribution in [2.24, 2.45) is 0 Å². The number of carbonyl (C=O) groups excluding carboxylic acids is 2. The molecule has 0 atom stereocenters. The summed E-state index contributed by atoms with van der Waals surface area (Å²) in [4.78, 5) is 24.8. The number of rotatable bonds is 8. The van der Waals surface area contributed by atoms with Gasteiger partial charge in [-0.15, -0.1) is 0 Å². The van der Waals surface area contributed by atoms with Crippen molar-refractivity contribution in [3.05, 3.63) is 120 Å². The number of carbonyl (C=O) groups is 2. The normalized spacial score (nSPS) is 11.4. The molecule has 4 nitrogen and oxygen atoms in total. The number of fused-ring (bicyclic) bond motifs is 3. The van der Waals surface area contributed by atoms with Crippen molar-refractivity contribution in [1.82, 2.24) is 0 Å². The molecule has 5 rings (SSSR count). The molecule has 0 aliphatic heterocycles. The van der Waals surface area contributed by atoms with Gasteiger partial charge in [0.1, 0.15) is 11.5 Å². The first kappa shape index (κ1) is 23.3. The van der Waals surface area contributed by atoms with Gasteiger partial charge in [0.15, 0.2) is 5.78 Å². The van der Waals surface area contributed by atoms with Crippen molar-refractivity contribution in [3.8, 4) is 33.8 Å². The second kappa shape index (κ2) is 10.0. The molecule has 0 N–H and O–H groups in total. The highest BCUT2D eigenvalue weighted by molar-refractivity contribution is 6.04. The summed E-state index contributed by atoms with van der Waals surface area (Å²) in [5, 5.41) is 0. The van der Waals surface area contributed by atoms with Crippen molar-refractivity contribution in [2.45, 2.75) is 19.8 Å². The minimum Gasteiger partial charge on any atom is -0.494 e. The summed E-state index contributed by atoms with van der Waals surface area (Å²) in [6.07, 6.45) is 2.98. The number of esters is 1. The maximum atomic E-state index is 12.8. The Morgan fingerprint density at radius 3 is 2.03 bits per heavy atom. The molecule has 1 aliphatic rings. The Morgan fingerprint density at radius 2 is 1.36 bits per heavy atom. The monoisotopic (exact) mass is 474 g/mol. The van der Waals surface area contributed by atoms with E-state index in [0.29, 0.717) is 29.9 Å². The Balaban J connectivity index is 1.27. The molecule has 1 aliphatic carbocycles. The standard InChI is InChI=1S/C32H26O4/c1-3-17-35-27-12-9-22(10-13-27)21-5-7-23(8-6-21)32(34)36-28-14-16-30-26(20-28)19-25-18-24(31(33)4-2)11-15-29(25)30/h4-16,18,20H,2-3,17,19H2,1H3. The van der Waals surface area contributed by atoms with Crippen LogP contribution in [0.25, 0.3) is 22.3 Å². The molecular weight excluding hydrogens is 448 g/mol. The molecule has 0 unspecified atom stereocenters. The van der Waals surface area contributed by atoms with Gasteiger partial charge in [-0.05, 0) is 94.8 Å². The lowest BCUT2D eigenvalue weighted by atomic mass is 10.0. The Hall–Kier alpha value is -4.44. The van der Waals surface area contributed by atoms with Gasteiger partial charge in [-0.2, -0.15) is 0 Å². The van der Waals surface area contributed by atoms with E-state index < -0.39 is 5.97 Å². The number of allylic oxidation sites excluding steroid dienone is 1. The molecule has 0 aromatic heterocycles. The highest BCUT2D eigenvalue weighted by Crippen LogP contribution is 2.39. The van der Waals surface area contributed by atoms with Gasteiger partial charge in [-0.25, -0.2) is 4.79 Å². The predicted molar refractivity (Wildman–Crippen MR) is 142 cm³/mol. The van der Waals surface area contributed by atoms with E-state index >= 15 is 0 Å². The lowest BCUT2D eigenvalue weighted by molar-refractivity contribution is 0.0734. The smallest absolute Gasteiger partial charge is 0.343 e. The van der Waals surface area contributed by atoms with E-state index in [1.807, 2.05) is 72.8 Å². The zero-order valence-electron chi connectivity index (χ0n) is 20.1. The minimum atomic E-state index is -0.404. The number of hydrogen-bond donors (Lipinski definition) is 0. The summed E-state index contributed by atoms with van der Waals surface area (Å²) >= 11 is 0. The van der Waals surface area contributed by atoms with Crippen LogP contribution in [0.2, 0.25) is 0 Å². The molecule has 178 valence electrons. The van der Waals surface area contributed by atoms with Crippen LogP contribution in [-0.4, -0.2) is 18.4 Å². The number of ether oxygens (including phenoxy) is 2. The molecule has 0 saturated heterocycles. The summed E-state index contributed by atoms with van der Waals surface area (Å²) in [6.45, 7) is 6.34. The van der Waals surface area contributed by atoms with E-state index in [2.05, 4.69) is 13.5 Å². The molecule has 4 aromatic carbocycles. The average molecular weight is 475 g/mol. The van der Waals surface area contributed by atoms with Crippen LogP contribution in [0.15, 0.2) is 97.6 Å². The van der Waals surface area contributed by atoms with Gasteiger partial charge in [0, 0.05) is 5.56 Å². The summed E-state index contributed by atoms with van der Waals surface area (Å²) < 4.78 is 11.3. The maximum Gasteiger partial charge on any atom is 0.343 e. The van der Waals surface area contributed by atoms with Gasteiger partial charge in [0.2, 0.25) is 0 Å². The lowest BCUT2D eigenvalue weighted by Crippen LogP contribution is -2.08. The van der Waals surface area contributed by atoms with E-state index in [1.165, 1.54) is 6.08 Å². The fourth-order valence-electron chi connectivity index (χ4n) is 4.45. The van der Waals surface area contributed by atoms with Crippen molar-refractivity contribution < 1.29 is 19.1 Å². The van der Waals surface area contributed by atoms with Crippen LogP contribution in [0, 0.1) is 0 Å². The Morgan fingerprint density at radius 1 is 0.778 bits per heavy atom. The van der Waals surface area contributed by atoms with E-state index in [0.717, 1.165) is 45.6 Å². The van der Waals surface area contributed by atoms with Crippen LogP contribution >= 0.6 is 0 Å². The fourth-order valence-corrected chi connectivity index (χ4v) is 4.45. The lowest BCUT2D eigenvalue weighted by Gasteiger charge is -2.09. The molecule has 0 amide bonds. The third kappa shape index (κ3) is 4.71. The summed E-state index contributed by atoms with van der Waals surface area (Å²) in [5.74, 6) is 0.858. The molecule has 0 heterocycles. The van der Waals surface area contributed by atoms with Crippen molar-refractivity contribution >= 4 is 11.8 Å². The van der Waals surface area contributed by atoms with Gasteiger partial charge >= 0.3 is 5.97 Å². The first-order valence-electron chi connectivity index (χ1n) is 12.0. The van der Waals surface area contributed by atoms with Crippen molar-refractivity contribution in [2.75, 3.05) is 6.61 Å².